The molecule has 0 saturated carbocycles. The lowest BCUT2D eigenvalue weighted by Gasteiger charge is -2.10. The highest BCUT2D eigenvalue weighted by atomic mass is 32.2. The molecule has 0 aliphatic heterocycles. The fraction of sp³-hybridized carbons (Fsp3) is 0.200. The number of benzene rings is 2. The predicted molar refractivity (Wildman–Crippen MR) is 110 cm³/mol. The molecule has 2 N–H and O–H groups in total. The molecule has 0 spiro atoms. The van der Waals surface area contributed by atoms with E-state index in [9.17, 15) is 13.2 Å². The second kappa shape index (κ2) is 7.85. The van der Waals surface area contributed by atoms with Gasteiger partial charge in [-0.2, -0.15) is 5.10 Å². The molecule has 1 amide bonds. The first-order valence-corrected chi connectivity index (χ1v) is 10.3. The second-order valence-corrected chi connectivity index (χ2v) is 8.30. The highest BCUT2D eigenvalue weighted by Gasteiger charge is 2.24. The van der Waals surface area contributed by atoms with Crippen molar-refractivity contribution in [3.05, 3.63) is 60.8 Å². The topological polar surface area (TPSA) is 93.1 Å². The van der Waals surface area contributed by atoms with Crippen molar-refractivity contribution in [1.29, 1.82) is 0 Å². The van der Waals surface area contributed by atoms with Crippen LogP contribution in [0.5, 0.6) is 0 Å². The van der Waals surface area contributed by atoms with E-state index in [2.05, 4.69) is 15.1 Å². The van der Waals surface area contributed by atoms with Gasteiger partial charge in [-0.05, 0) is 32.0 Å². The maximum absolute atomic E-state index is 13.1. The molecule has 1 heterocycles. The summed E-state index contributed by atoms with van der Waals surface area (Å²) in [5.41, 5.74) is 1.96. The Hall–Kier alpha value is -3.13. The smallest absolute Gasteiger partial charge is 0.265 e. The van der Waals surface area contributed by atoms with Crippen molar-refractivity contribution < 1.29 is 13.2 Å². The quantitative estimate of drug-likeness (QED) is 0.659. The first-order valence-electron chi connectivity index (χ1n) is 8.81. The van der Waals surface area contributed by atoms with Crippen LogP contribution in [-0.2, 0) is 14.8 Å². The Balaban J connectivity index is 2.01. The van der Waals surface area contributed by atoms with Crippen molar-refractivity contribution in [2.24, 2.45) is 0 Å². The molecule has 3 rings (SSSR count). The summed E-state index contributed by atoms with van der Waals surface area (Å²) in [5, 5.41) is 7.12. The summed E-state index contributed by atoms with van der Waals surface area (Å²) in [5.74, 6) is -0.232. The Labute approximate surface area is 164 Å². The number of sulfonamides is 1. The number of hydrogen-bond donors (Lipinski definition) is 2. The van der Waals surface area contributed by atoms with Crippen LogP contribution in [-0.4, -0.2) is 24.1 Å². The minimum Gasteiger partial charge on any atom is -0.326 e. The van der Waals surface area contributed by atoms with Gasteiger partial charge in [-0.15, -0.1) is 0 Å². The summed E-state index contributed by atoms with van der Waals surface area (Å²) in [6, 6.07) is 15.7. The Kier molecular flexibility index (Phi) is 5.51. The van der Waals surface area contributed by atoms with E-state index in [-0.39, 0.29) is 16.8 Å². The molecule has 3 aromatic rings. The van der Waals surface area contributed by atoms with Crippen molar-refractivity contribution in [2.45, 2.75) is 31.7 Å². The Bertz CT molecular complexity index is 1090. The second-order valence-electron chi connectivity index (χ2n) is 6.65. The molecule has 0 fully saturated rings. The highest BCUT2D eigenvalue weighted by Crippen LogP contribution is 2.29. The summed E-state index contributed by atoms with van der Waals surface area (Å²) >= 11 is 0. The van der Waals surface area contributed by atoms with Crippen molar-refractivity contribution >= 4 is 27.3 Å². The van der Waals surface area contributed by atoms with Gasteiger partial charge in [0.05, 0.1) is 5.69 Å². The monoisotopic (exact) mass is 398 g/mol. The maximum Gasteiger partial charge on any atom is 0.265 e. The van der Waals surface area contributed by atoms with E-state index in [1.54, 1.807) is 28.9 Å². The Morgan fingerprint density at radius 1 is 1.04 bits per heavy atom. The number of carbonyl (C=O) groups is 1. The van der Waals surface area contributed by atoms with Gasteiger partial charge < -0.3 is 5.32 Å². The van der Waals surface area contributed by atoms with Crippen LogP contribution in [0.4, 0.5) is 11.4 Å². The zero-order chi connectivity index (χ0) is 20.3. The fourth-order valence-corrected chi connectivity index (χ4v) is 3.91. The summed E-state index contributed by atoms with van der Waals surface area (Å²) in [7, 11) is -3.90. The zero-order valence-corrected chi connectivity index (χ0v) is 16.7. The SMILES string of the molecule is CC(=O)Nc1cccc(NS(=O)(=O)c2cn(C(C)C)nc2-c2ccccc2)c1. The van der Waals surface area contributed by atoms with Crippen molar-refractivity contribution in [2.75, 3.05) is 10.0 Å². The zero-order valence-electron chi connectivity index (χ0n) is 15.9. The lowest BCUT2D eigenvalue weighted by atomic mass is 10.2. The van der Waals surface area contributed by atoms with Crippen molar-refractivity contribution in [1.82, 2.24) is 9.78 Å². The van der Waals surface area contributed by atoms with E-state index < -0.39 is 10.0 Å². The van der Waals surface area contributed by atoms with Gasteiger partial charge in [0.2, 0.25) is 5.91 Å². The first-order chi connectivity index (χ1) is 13.3. The number of hydrogen-bond acceptors (Lipinski definition) is 4. The van der Waals surface area contributed by atoms with Gasteiger partial charge in [-0.25, -0.2) is 8.42 Å². The van der Waals surface area contributed by atoms with Gasteiger partial charge in [0, 0.05) is 30.4 Å². The van der Waals surface area contributed by atoms with Gasteiger partial charge >= 0.3 is 0 Å². The number of amides is 1. The molecule has 0 atom stereocenters. The van der Waals surface area contributed by atoms with Gasteiger partial charge in [-0.3, -0.25) is 14.2 Å². The third-order valence-corrected chi connectivity index (χ3v) is 5.38. The molecule has 0 aliphatic rings. The minimum atomic E-state index is -3.90. The standard InChI is InChI=1S/C20H22N4O3S/c1-14(2)24-13-19(20(22-24)16-8-5-4-6-9-16)28(26,27)23-18-11-7-10-17(12-18)21-15(3)25/h4-14,23H,1-3H3,(H,21,25). The molecule has 2 aromatic carbocycles. The third kappa shape index (κ3) is 4.40. The van der Waals surface area contributed by atoms with Crippen LogP contribution in [0.25, 0.3) is 11.3 Å². The number of anilines is 2. The number of nitrogens with one attached hydrogen (secondary N) is 2. The average molecular weight is 398 g/mol. The van der Waals surface area contributed by atoms with E-state index in [0.717, 1.165) is 0 Å². The van der Waals surface area contributed by atoms with Gasteiger partial charge in [0.15, 0.2) is 0 Å². The largest absolute Gasteiger partial charge is 0.326 e. The number of carbonyl (C=O) groups excluding carboxylic acids is 1. The van der Waals surface area contributed by atoms with Crippen LogP contribution >= 0.6 is 0 Å². The van der Waals surface area contributed by atoms with E-state index in [1.807, 2.05) is 44.2 Å². The summed E-state index contributed by atoms with van der Waals surface area (Å²) in [4.78, 5) is 11.3. The summed E-state index contributed by atoms with van der Waals surface area (Å²) < 4.78 is 30.4. The third-order valence-electron chi connectivity index (χ3n) is 4.00. The van der Waals surface area contributed by atoms with Crippen LogP contribution in [0.3, 0.4) is 0 Å². The molecule has 28 heavy (non-hydrogen) atoms. The van der Waals surface area contributed by atoms with Crippen LogP contribution in [0.2, 0.25) is 0 Å². The van der Waals surface area contributed by atoms with E-state index in [0.29, 0.717) is 22.6 Å². The first kappa shape index (κ1) is 19.6. The van der Waals surface area contributed by atoms with E-state index >= 15 is 0 Å². The molecule has 7 nitrogen and oxygen atoms in total. The number of rotatable bonds is 6. The average Bonchev–Trinajstić information content (AvgIpc) is 3.08. The summed E-state index contributed by atoms with van der Waals surface area (Å²) in [6.45, 7) is 5.26. The van der Waals surface area contributed by atoms with Crippen molar-refractivity contribution in [3.63, 3.8) is 0 Å². The van der Waals surface area contributed by atoms with E-state index in [4.69, 9.17) is 0 Å². The Morgan fingerprint density at radius 3 is 2.36 bits per heavy atom. The molecule has 0 bridgehead atoms. The maximum atomic E-state index is 13.1. The molecule has 1 aromatic heterocycles. The minimum absolute atomic E-state index is 0.00880. The lowest BCUT2D eigenvalue weighted by Crippen LogP contribution is -2.14. The van der Waals surface area contributed by atoms with Crippen LogP contribution in [0, 0.1) is 0 Å². The normalized spacial score (nSPS) is 11.4. The molecule has 0 saturated heterocycles. The van der Waals surface area contributed by atoms with Crippen molar-refractivity contribution in [3.8, 4) is 11.3 Å². The van der Waals surface area contributed by atoms with Gasteiger partial charge in [-0.1, -0.05) is 36.4 Å². The molecular weight excluding hydrogens is 376 g/mol. The predicted octanol–water partition coefficient (Wildman–Crippen LogP) is 3.89. The number of aromatic nitrogens is 2. The fourth-order valence-electron chi connectivity index (χ4n) is 2.71. The molecule has 0 radical (unpaired) electrons. The van der Waals surface area contributed by atoms with E-state index in [1.165, 1.54) is 13.1 Å². The molecule has 0 aliphatic carbocycles. The molecular formula is C20H22N4O3S. The lowest BCUT2D eigenvalue weighted by molar-refractivity contribution is -0.114. The molecule has 146 valence electrons. The summed E-state index contributed by atoms with van der Waals surface area (Å²) in [6.07, 6.45) is 1.53. The van der Waals surface area contributed by atoms with Gasteiger partial charge in [0.25, 0.3) is 10.0 Å². The van der Waals surface area contributed by atoms with Crippen LogP contribution in [0.1, 0.15) is 26.8 Å². The molecule has 8 heteroatoms. The number of nitrogens with zero attached hydrogens (tertiary/aromatic N) is 2. The van der Waals surface area contributed by atoms with Crippen LogP contribution < -0.4 is 10.0 Å². The highest BCUT2D eigenvalue weighted by molar-refractivity contribution is 7.92. The van der Waals surface area contributed by atoms with Crippen LogP contribution in [0.15, 0.2) is 65.7 Å². The Morgan fingerprint density at radius 2 is 1.71 bits per heavy atom. The van der Waals surface area contributed by atoms with Gasteiger partial charge in [0.1, 0.15) is 10.6 Å². The molecule has 0 unspecified atom stereocenters.